The second-order valence-electron chi connectivity index (χ2n) is 4.21. The van der Waals surface area contributed by atoms with Crippen LogP contribution in [0.2, 0.25) is 0 Å². The molecule has 0 bridgehead atoms. The smallest absolute Gasteiger partial charge is 0.348 e. The maximum absolute atomic E-state index is 11.3. The van der Waals surface area contributed by atoms with Crippen molar-refractivity contribution in [1.29, 1.82) is 0 Å². The summed E-state index contributed by atoms with van der Waals surface area (Å²) < 4.78 is 1.35. The largest absolute Gasteiger partial charge is 0.361 e. The van der Waals surface area contributed by atoms with Crippen LogP contribution < -0.4 is 11.0 Å². The molecule has 3 aromatic heterocycles. The number of rotatable bonds is 3. The van der Waals surface area contributed by atoms with Crippen molar-refractivity contribution in [2.45, 2.75) is 19.9 Å². The van der Waals surface area contributed by atoms with Crippen LogP contribution in [0.15, 0.2) is 23.4 Å². The molecule has 0 aliphatic carbocycles. The molecule has 0 saturated heterocycles. The zero-order valence-corrected chi connectivity index (χ0v) is 11.2. The van der Waals surface area contributed by atoms with Crippen LogP contribution in [0.25, 0.3) is 5.65 Å². The second kappa shape index (κ2) is 4.47. The first kappa shape index (κ1) is 11.8. The van der Waals surface area contributed by atoms with Crippen LogP contribution in [-0.2, 0) is 0 Å². The van der Waals surface area contributed by atoms with Crippen LogP contribution in [0.4, 0.5) is 5.82 Å². The molecule has 7 nitrogen and oxygen atoms in total. The lowest BCUT2D eigenvalue weighted by Crippen LogP contribution is -2.11. The van der Waals surface area contributed by atoms with Crippen molar-refractivity contribution in [2.24, 2.45) is 0 Å². The van der Waals surface area contributed by atoms with Crippen LogP contribution in [0.1, 0.15) is 22.9 Å². The van der Waals surface area contributed by atoms with Crippen molar-refractivity contribution in [1.82, 2.24) is 24.6 Å². The van der Waals surface area contributed by atoms with E-state index < -0.39 is 0 Å². The van der Waals surface area contributed by atoms with Gasteiger partial charge in [0, 0.05) is 17.1 Å². The average Bonchev–Trinajstić information content (AvgIpc) is 2.97. The van der Waals surface area contributed by atoms with E-state index in [9.17, 15) is 4.79 Å². The number of thiazole rings is 1. The van der Waals surface area contributed by atoms with Gasteiger partial charge in [-0.1, -0.05) is 0 Å². The number of aromatic amines is 1. The van der Waals surface area contributed by atoms with E-state index in [0.717, 1.165) is 5.01 Å². The van der Waals surface area contributed by atoms with Crippen molar-refractivity contribution < 1.29 is 0 Å². The van der Waals surface area contributed by atoms with Gasteiger partial charge in [0.1, 0.15) is 17.2 Å². The van der Waals surface area contributed by atoms with Crippen LogP contribution >= 0.6 is 11.3 Å². The molecule has 8 heteroatoms. The molecule has 0 spiro atoms. The first-order valence-electron chi connectivity index (χ1n) is 5.75. The van der Waals surface area contributed by atoms with Gasteiger partial charge in [0.2, 0.25) is 0 Å². The predicted octanol–water partition coefficient (Wildman–Crippen LogP) is 1.36. The van der Waals surface area contributed by atoms with E-state index in [1.807, 2.05) is 20.0 Å². The zero-order chi connectivity index (χ0) is 13.4. The standard InChI is InChI=1S/C11H12N6OS/c1-6-4-12-10(19-6)7(2)14-8-3-9-15-16-11(18)17(9)5-13-8/h3-5,7,14H,1-2H3,(H,16,18). The lowest BCUT2D eigenvalue weighted by atomic mass is 10.3. The molecule has 0 saturated carbocycles. The Kier molecular flexibility index (Phi) is 2.79. The quantitative estimate of drug-likeness (QED) is 0.754. The number of H-pyrrole nitrogens is 1. The normalized spacial score (nSPS) is 12.7. The van der Waals surface area contributed by atoms with Gasteiger partial charge in [0.05, 0.1) is 6.04 Å². The van der Waals surface area contributed by atoms with Gasteiger partial charge in [-0.15, -0.1) is 11.3 Å². The summed E-state index contributed by atoms with van der Waals surface area (Å²) in [6.45, 7) is 4.04. The minimum atomic E-state index is -0.294. The molecule has 0 aromatic carbocycles. The predicted molar refractivity (Wildman–Crippen MR) is 72.5 cm³/mol. The van der Waals surface area contributed by atoms with Crippen LogP contribution in [-0.4, -0.2) is 24.6 Å². The summed E-state index contributed by atoms with van der Waals surface area (Å²) in [5.74, 6) is 0.659. The number of hydrogen-bond donors (Lipinski definition) is 2. The molecule has 2 N–H and O–H groups in total. The van der Waals surface area contributed by atoms with Crippen molar-refractivity contribution in [2.75, 3.05) is 5.32 Å². The fraction of sp³-hybridized carbons (Fsp3) is 0.273. The molecule has 1 atom stereocenters. The van der Waals surface area contributed by atoms with Crippen molar-refractivity contribution >= 4 is 22.8 Å². The third kappa shape index (κ3) is 2.22. The highest BCUT2D eigenvalue weighted by Gasteiger charge is 2.10. The number of nitrogens with one attached hydrogen (secondary N) is 2. The third-order valence-electron chi connectivity index (χ3n) is 2.68. The highest BCUT2D eigenvalue weighted by Crippen LogP contribution is 2.22. The third-order valence-corrected chi connectivity index (χ3v) is 3.78. The molecule has 3 rings (SSSR count). The van der Waals surface area contributed by atoms with Crippen LogP contribution in [0.3, 0.4) is 0 Å². The monoisotopic (exact) mass is 276 g/mol. The minimum Gasteiger partial charge on any atom is -0.361 e. The van der Waals surface area contributed by atoms with E-state index in [4.69, 9.17) is 0 Å². The minimum absolute atomic E-state index is 0.0549. The summed E-state index contributed by atoms with van der Waals surface area (Å²) in [4.78, 5) is 21.0. The van der Waals surface area contributed by atoms with Gasteiger partial charge in [-0.2, -0.15) is 5.10 Å². The molecule has 3 heterocycles. The number of fused-ring (bicyclic) bond motifs is 1. The molecule has 0 fully saturated rings. The molecular weight excluding hydrogens is 264 g/mol. The summed E-state index contributed by atoms with van der Waals surface area (Å²) in [5.41, 5.74) is 0.239. The summed E-state index contributed by atoms with van der Waals surface area (Å²) in [6, 6.07) is 1.77. The molecule has 0 aliphatic rings. The van der Waals surface area contributed by atoms with Crippen LogP contribution in [0, 0.1) is 6.92 Å². The number of aryl methyl sites for hydroxylation is 1. The Labute approximate surface area is 112 Å². The van der Waals surface area contributed by atoms with Gasteiger partial charge in [-0.05, 0) is 13.8 Å². The highest BCUT2D eigenvalue weighted by atomic mass is 32.1. The van der Waals surface area contributed by atoms with Gasteiger partial charge in [0.25, 0.3) is 0 Å². The fourth-order valence-corrected chi connectivity index (χ4v) is 2.52. The lowest BCUT2D eigenvalue weighted by Gasteiger charge is -2.11. The molecule has 0 radical (unpaired) electrons. The number of aromatic nitrogens is 5. The van der Waals surface area contributed by atoms with Gasteiger partial charge >= 0.3 is 5.69 Å². The SMILES string of the molecule is Cc1cnc(C(C)Nc2cc3n[nH]c(=O)n3cn2)s1. The van der Waals surface area contributed by atoms with Gasteiger partial charge in [0.15, 0.2) is 5.65 Å². The molecule has 98 valence electrons. The maximum atomic E-state index is 11.3. The summed E-state index contributed by atoms with van der Waals surface area (Å²) in [6.07, 6.45) is 3.30. The van der Waals surface area contributed by atoms with Crippen molar-refractivity contribution in [3.63, 3.8) is 0 Å². The molecule has 1 unspecified atom stereocenters. The van der Waals surface area contributed by atoms with Gasteiger partial charge < -0.3 is 5.32 Å². The summed E-state index contributed by atoms with van der Waals surface area (Å²) >= 11 is 1.64. The number of hydrogen-bond acceptors (Lipinski definition) is 6. The van der Waals surface area contributed by atoms with Crippen molar-refractivity contribution in [3.8, 4) is 0 Å². The van der Waals surface area contributed by atoms with E-state index >= 15 is 0 Å². The average molecular weight is 276 g/mol. The van der Waals surface area contributed by atoms with E-state index in [0.29, 0.717) is 11.5 Å². The molecular formula is C11H12N6OS. The van der Waals surface area contributed by atoms with E-state index in [1.165, 1.54) is 15.6 Å². The Morgan fingerprint density at radius 2 is 2.32 bits per heavy atom. The van der Waals surface area contributed by atoms with E-state index in [1.54, 1.807) is 17.4 Å². The first-order chi connectivity index (χ1) is 9.13. The van der Waals surface area contributed by atoms with E-state index in [2.05, 4.69) is 25.5 Å². The van der Waals surface area contributed by atoms with E-state index in [-0.39, 0.29) is 11.7 Å². The topological polar surface area (TPSA) is 88.0 Å². The Bertz CT molecular complexity index is 773. The summed E-state index contributed by atoms with van der Waals surface area (Å²) in [5, 5.41) is 10.5. The first-order valence-corrected chi connectivity index (χ1v) is 6.57. The molecule has 19 heavy (non-hydrogen) atoms. The van der Waals surface area contributed by atoms with Gasteiger partial charge in [-0.25, -0.2) is 24.3 Å². The zero-order valence-electron chi connectivity index (χ0n) is 10.4. The Morgan fingerprint density at radius 3 is 3.05 bits per heavy atom. The lowest BCUT2D eigenvalue weighted by molar-refractivity contribution is 0.856. The Balaban J connectivity index is 1.86. The number of nitrogens with zero attached hydrogens (tertiary/aromatic N) is 4. The molecule has 0 amide bonds. The maximum Gasteiger partial charge on any atom is 0.348 e. The number of anilines is 1. The highest BCUT2D eigenvalue weighted by molar-refractivity contribution is 7.11. The fourth-order valence-electron chi connectivity index (χ4n) is 1.74. The molecule has 3 aromatic rings. The van der Waals surface area contributed by atoms with Crippen molar-refractivity contribution in [3.05, 3.63) is 39.0 Å². The Hall–Kier alpha value is -2.22. The molecule has 0 aliphatic heterocycles. The van der Waals surface area contributed by atoms with Crippen LogP contribution in [0.5, 0.6) is 0 Å². The van der Waals surface area contributed by atoms with Gasteiger partial charge in [-0.3, -0.25) is 0 Å². The summed E-state index contributed by atoms with van der Waals surface area (Å²) in [7, 11) is 0. The second-order valence-corrected chi connectivity index (χ2v) is 5.47. The Morgan fingerprint density at radius 1 is 1.47 bits per heavy atom.